The molecule has 1 aliphatic heterocycles. The van der Waals surface area contributed by atoms with Crippen molar-refractivity contribution in [2.24, 2.45) is 0 Å². The summed E-state index contributed by atoms with van der Waals surface area (Å²) in [7, 11) is -3.45. The number of hydrogen-bond donors (Lipinski definition) is 2. The quantitative estimate of drug-likeness (QED) is 0.819. The van der Waals surface area contributed by atoms with Gasteiger partial charge in [0.05, 0.1) is 0 Å². The molecule has 21 heavy (non-hydrogen) atoms. The van der Waals surface area contributed by atoms with Gasteiger partial charge in [-0.1, -0.05) is 18.3 Å². The standard InChI is InChI=1S/C14H20N2O3S2/c1-12-5-2-3-8-16(12)21(18,19)15-11-14-13(6-4-9-17)7-10-20-14/h7,10,12,15,17H,2-3,5,8-9,11H2,1H3. The van der Waals surface area contributed by atoms with E-state index in [9.17, 15) is 8.42 Å². The van der Waals surface area contributed by atoms with Crippen LogP contribution < -0.4 is 4.72 Å². The summed E-state index contributed by atoms with van der Waals surface area (Å²) in [5.41, 5.74) is 0.767. The van der Waals surface area contributed by atoms with Crippen molar-refractivity contribution in [3.63, 3.8) is 0 Å². The third-order valence-corrected chi connectivity index (χ3v) is 6.10. The molecule has 1 unspecified atom stereocenters. The molecule has 7 heteroatoms. The SMILES string of the molecule is CC1CCCCN1S(=O)(=O)NCc1sccc1C#CCO. The lowest BCUT2D eigenvalue weighted by Crippen LogP contribution is -2.47. The summed E-state index contributed by atoms with van der Waals surface area (Å²) in [5, 5.41) is 10.6. The molecule has 0 aromatic carbocycles. The van der Waals surface area contributed by atoms with Gasteiger partial charge >= 0.3 is 0 Å². The molecule has 0 bridgehead atoms. The highest BCUT2D eigenvalue weighted by Crippen LogP contribution is 2.20. The Kier molecular flexibility index (Phi) is 5.79. The second-order valence-electron chi connectivity index (χ2n) is 5.00. The van der Waals surface area contributed by atoms with E-state index in [-0.39, 0.29) is 19.2 Å². The monoisotopic (exact) mass is 328 g/mol. The third kappa shape index (κ3) is 4.28. The van der Waals surface area contributed by atoms with Gasteiger partial charge < -0.3 is 5.11 Å². The van der Waals surface area contributed by atoms with E-state index in [1.165, 1.54) is 11.3 Å². The fraction of sp³-hybridized carbons (Fsp3) is 0.571. The van der Waals surface area contributed by atoms with Crippen LogP contribution in [0.4, 0.5) is 0 Å². The van der Waals surface area contributed by atoms with Crippen LogP contribution >= 0.6 is 11.3 Å². The molecule has 0 saturated carbocycles. The van der Waals surface area contributed by atoms with E-state index in [2.05, 4.69) is 16.6 Å². The number of nitrogens with one attached hydrogen (secondary N) is 1. The van der Waals surface area contributed by atoms with Crippen molar-refractivity contribution in [3.8, 4) is 11.8 Å². The maximum absolute atomic E-state index is 12.4. The Balaban J connectivity index is 2.03. The van der Waals surface area contributed by atoms with Crippen molar-refractivity contribution in [1.82, 2.24) is 9.03 Å². The van der Waals surface area contributed by atoms with Crippen LogP contribution in [0.15, 0.2) is 11.4 Å². The zero-order valence-electron chi connectivity index (χ0n) is 12.0. The molecule has 1 fully saturated rings. The molecule has 0 radical (unpaired) electrons. The van der Waals surface area contributed by atoms with Gasteiger partial charge in [-0.05, 0) is 31.2 Å². The van der Waals surface area contributed by atoms with Crippen molar-refractivity contribution < 1.29 is 13.5 Å². The number of piperidine rings is 1. The predicted octanol–water partition coefficient (Wildman–Crippen LogP) is 1.30. The third-order valence-electron chi connectivity index (χ3n) is 3.51. The van der Waals surface area contributed by atoms with Crippen LogP contribution in [0.2, 0.25) is 0 Å². The van der Waals surface area contributed by atoms with Gasteiger partial charge in [-0.25, -0.2) is 0 Å². The van der Waals surface area contributed by atoms with Crippen molar-refractivity contribution in [2.45, 2.75) is 38.8 Å². The first kappa shape index (κ1) is 16.5. The number of aliphatic hydroxyl groups excluding tert-OH is 1. The molecule has 1 atom stereocenters. The van der Waals surface area contributed by atoms with E-state index >= 15 is 0 Å². The highest BCUT2D eigenvalue weighted by molar-refractivity contribution is 7.87. The Morgan fingerprint density at radius 1 is 1.52 bits per heavy atom. The first-order chi connectivity index (χ1) is 10.0. The van der Waals surface area contributed by atoms with Crippen LogP contribution in [0, 0.1) is 11.8 Å². The van der Waals surface area contributed by atoms with Gasteiger partial charge in [-0.3, -0.25) is 0 Å². The van der Waals surface area contributed by atoms with Gasteiger partial charge in [0, 0.05) is 29.6 Å². The highest BCUT2D eigenvalue weighted by Gasteiger charge is 2.29. The minimum Gasteiger partial charge on any atom is -0.384 e. The Hall–Kier alpha value is -0.910. The first-order valence-corrected chi connectivity index (χ1v) is 9.29. The van der Waals surface area contributed by atoms with Crippen LogP contribution in [0.3, 0.4) is 0 Å². The van der Waals surface area contributed by atoms with Crippen LogP contribution in [-0.4, -0.2) is 37.0 Å². The van der Waals surface area contributed by atoms with Gasteiger partial charge in [0.25, 0.3) is 10.2 Å². The molecule has 2 rings (SSSR count). The molecular weight excluding hydrogens is 308 g/mol. The average Bonchev–Trinajstić information content (AvgIpc) is 2.91. The summed E-state index contributed by atoms with van der Waals surface area (Å²) in [6, 6.07) is 1.88. The normalized spacial score (nSPS) is 20.0. The Morgan fingerprint density at radius 3 is 3.05 bits per heavy atom. The van der Waals surface area contributed by atoms with Gasteiger partial charge in [0.2, 0.25) is 0 Å². The lowest BCUT2D eigenvalue weighted by molar-refractivity contribution is 0.265. The van der Waals surface area contributed by atoms with Gasteiger partial charge in [-0.2, -0.15) is 17.4 Å². The van der Waals surface area contributed by atoms with E-state index in [0.717, 1.165) is 29.7 Å². The summed E-state index contributed by atoms with van der Waals surface area (Å²) in [6.45, 7) is 2.56. The summed E-state index contributed by atoms with van der Waals surface area (Å²) < 4.78 is 28.9. The van der Waals surface area contributed by atoms with Crippen molar-refractivity contribution in [1.29, 1.82) is 0 Å². The molecule has 1 aromatic rings. The molecule has 5 nitrogen and oxygen atoms in total. The van der Waals surface area contributed by atoms with Crippen LogP contribution in [-0.2, 0) is 16.8 Å². The molecule has 116 valence electrons. The van der Waals surface area contributed by atoms with Crippen molar-refractivity contribution >= 4 is 21.5 Å². The van der Waals surface area contributed by atoms with Crippen molar-refractivity contribution in [2.75, 3.05) is 13.2 Å². The van der Waals surface area contributed by atoms with Crippen LogP contribution in [0.25, 0.3) is 0 Å². The van der Waals surface area contributed by atoms with Crippen molar-refractivity contribution in [3.05, 3.63) is 21.9 Å². The Bertz CT molecular complexity index is 628. The smallest absolute Gasteiger partial charge is 0.280 e. The molecule has 1 saturated heterocycles. The zero-order chi connectivity index (χ0) is 15.3. The minimum atomic E-state index is -3.45. The summed E-state index contributed by atoms with van der Waals surface area (Å²) in [5.74, 6) is 5.41. The first-order valence-electron chi connectivity index (χ1n) is 6.97. The zero-order valence-corrected chi connectivity index (χ0v) is 13.6. The van der Waals surface area contributed by atoms with E-state index in [0.29, 0.717) is 6.54 Å². The highest BCUT2D eigenvalue weighted by atomic mass is 32.2. The number of aliphatic hydroxyl groups is 1. The molecule has 0 aliphatic carbocycles. The summed E-state index contributed by atoms with van der Waals surface area (Å²) in [6.07, 6.45) is 2.91. The minimum absolute atomic E-state index is 0.0493. The maximum atomic E-state index is 12.4. The van der Waals surface area contributed by atoms with E-state index in [1.54, 1.807) is 4.31 Å². The largest absolute Gasteiger partial charge is 0.384 e. The number of thiophene rings is 1. The molecule has 0 spiro atoms. The number of rotatable bonds is 4. The molecule has 1 aliphatic rings. The summed E-state index contributed by atoms with van der Waals surface area (Å²) >= 11 is 1.46. The Labute approximate surface area is 130 Å². The fourth-order valence-corrected chi connectivity index (χ4v) is 4.69. The molecule has 2 N–H and O–H groups in total. The lowest BCUT2D eigenvalue weighted by Gasteiger charge is -2.32. The second kappa shape index (κ2) is 7.38. The van der Waals surface area contributed by atoms with Gasteiger partial charge in [0.15, 0.2) is 0 Å². The van der Waals surface area contributed by atoms with E-state index < -0.39 is 10.2 Å². The summed E-state index contributed by atoms with van der Waals surface area (Å²) in [4.78, 5) is 0.865. The lowest BCUT2D eigenvalue weighted by atomic mass is 10.1. The maximum Gasteiger partial charge on any atom is 0.280 e. The topological polar surface area (TPSA) is 69.6 Å². The average molecular weight is 328 g/mol. The van der Waals surface area contributed by atoms with Crippen LogP contribution in [0.5, 0.6) is 0 Å². The van der Waals surface area contributed by atoms with E-state index in [1.807, 2.05) is 18.4 Å². The fourth-order valence-electron chi connectivity index (χ4n) is 2.39. The Morgan fingerprint density at radius 2 is 2.33 bits per heavy atom. The molecule has 1 aromatic heterocycles. The number of hydrogen-bond acceptors (Lipinski definition) is 4. The molecule has 0 amide bonds. The molecule has 2 heterocycles. The van der Waals surface area contributed by atoms with Gasteiger partial charge in [-0.15, -0.1) is 11.3 Å². The second-order valence-corrected chi connectivity index (χ2v) is 7.71. The van der Waals surface area contributed by atoms with Crippen LogP contribution in [0.1, 0.15) is 36.6 Å². The molecular formula is C14H20N2O3S2. The van der Waals surface area contributed by atoms with E-state index in [4.69, 9.17) is 5.11 Å². The predicted molar refractivity (Wildman–Crippen MR) is 84.1 cm³/mol. The van der Waals surface area contributed by atoms with Gasteiger partial charge in [0.1, 0.15) is 6.61 Å². The number of nitrogens with zero attached hydrogens (tertiary/aromatic N) is 1.